The number of hydrogen-bond acceptors (Lipinski definition) is 4. The van der Waals surface area contributed by atoms with Crippen LogP contribution in [-0.2, 0) is 21.2 Å². The second kappa shape index (κ2) is 7.15. The average Bonchev–Trinajstić information content (AvgIpc) is 2.78. The van der Waals surface area contributed by atoms with E-state index < -0.39 is 9.84 Å². The first kappa shape index (κ1) is 16.8. The Morgan fingerprint density at radius 3 is 2.76 bits per heavy atom. The van der Waals surface area contributed by atoms with E-state index in [0.717, 1.165) is 10.0 Å². The number of thioether (sulfide) groups is 1. The molecule has 1 saturated heterocycles. The van der Waals surface area contributed by atoms with E-state index >= 15 is 0 Å². The highest BCUT2D eigenvalue weighted by Gasteiger charge is 2.28. The summed E-state index contributed by atoms with van der Waals surface area (Å²) in [6.07, 6.45) is 0.661. The lowest BCUT2D eigenvalue weighted by atomic mass is 10.2. The molecule has 0 spiro atoms. The molecular weight excluding hydrogens is 374 g/mol. The lowest BCUT2D eigenvalue weighted by Gasteiger charge is -2.18. The SMILES string of the molecule is CN(Cc1ccccc1Br)C(=O)CSC1CCS(=O)(=O)C1. The standard InChI is InChI=1S/C14H18BrNO3S2/c1-16(8-11-4-2-3-5-13(11)15)14(17)9-20-12-6-7-21(18,19)10-12/h2-5,12H,6-10H2,1H3. The molecule has 2 rings (SSSR count). The number of hydrogen-bond donors (Lipinski definition) is 0. The van der Waals surface area contributed by atoms with Gasteiger partial charge in [-0.15, -0.1) is 11.8 Å². The molecule has 7 heteroatoms. The average molecular weight is 392 g/mol. The topological polar surface area (TPSA) is 54.5 Å². The van der Waals surface area contributed by atoms with Crippen LogP contribution in [0.2, 0.25) is 0 Å². The minimum Gasteiger partial charge on any atom is -0.341 e. The van der Waals surface area contributed by atoms with Gasteiger partial charge in [-0.3, -0.25) is 4.79 Å². The highest BCUT2D eigenvalue weighted by atomic mass is 79.9. The van der Waals surface area contributed by atoms with Crippen molar-refractivity contribution in [3.8, 4) is 0 Å². The third-order valence-corrected chi connectivity index (χ3v) is 7.46. The zero-order chi connectivity index (χ0) is 15.5. The van der Waals surface area contributed by atoms with Crippen LogP contribution in [-0.4, -0.2) is 48.8 Å². The summed E-state index contributed by atoms with van der Waals surface area (Å²) in [6, 6.07) is 7.80. The first-order chi connectivity index (χ1) is 9.87. The lowest BCUT2D eigenvalue weighted by molar-refractivity contribution is -0.127. The van der Waals surface area contributed by atoms with Crippen molar-refractivity contribution >= 4 is 43.4 Å². The van der Waals surface area contributed by atoms with Crippen molar-refractivity contribution in [3.05, 3.63) is 34.3 Å². The van der Waals surface area contributed by atoms with Gasteiger partial charge in [0.2, 0.25) is 5.91 Å². The Bertz CT molecular complexity index is 618. The van der Waals surface area contributed by atoms with Gasteiger partial charge in [0.1, 0.15) is 0 Å². The van der Waals surface area contributed by atoms with Crippen molar-refractivity contribution in [1.82, 2.24) is 4.90 Å². The van der Waals surface area contributed by atoms with Gasteiger partial charge in [0, 0.05) is 23.3 Å². The second-order valence-corrected chi connectivity index (χ2v) is 9.55. The van der Waals surface area contributed by atoms with Crippen molar-refractivity contribution < 1.29 is 13.2 Å². The quantitative estimate of drug-likeness (QED) is 0.772. The number of carbonyl (C=O) groups excluding carboxylic acids is 1. The highest BCUT2D eigenvalue weighted by Crippen LogP contribution is 2.25. The third-order valence-electron chi connectivity index (χ3n) is 3.42. The molecule has 0 aliphatic carbocycles. The van der Waals surface area contributed by atoms with Gasteiger partial charge >= 0.3 is 0 Å². The molecule has 0 saturated carbocycles. The van der Waals surface area contributed by atoms with Crippen LogP contribution >= 0.6 is 27.7 Å². The number of rotatable bonds is 5. The Kier molecular flexibility index (Phi) is 5.73. The van der Waals surface area contributed by atoms with Crippen LogP contribution in [0, 0.1) is 0 Å². The number of amides is 1. The molecule has 1 heterocycles. The third kappa shape index (κ3) is 5.00. The van der Waals surface area contributed by atoms with Crippen LogP contribution in [0.25, 0.3) is 0 Å². The predicted molar refractivity (Wildman–Crippen MR) is 90.1 cm³/mol. The van der Waals surface area contributed by atoms with Crippen LogP contribution in [0.5, 0.6) is 0 Å². The van der Waals surface area contributed by atoms with Gasteiger partial charge < -0.3 is 4.90 Å². The molecule has 1 aliphatic rings. The first-order valence-electron chi connectivity index (χ1n) is 6.67. The number of benzene rings is 1. The van der Waals surface area contributed by atoms with E-state index in [9.17, 15) is 13.2 Å². The van der Waals surface area contributed by atoms with Gasteiger partial charge in [-0.25, -0.2) is 8.42 Å². The van der Waals surface area contributed by atoms with E-state index in [1.165, 1.54) is 11.8 Å². The Morgan fingerprint density at radius 1 is 1.43 bits per heavy atom. The normalized spacial score (nSPS) is 20.4. The molecule has 4 nitrogen and oxygen atoms in total. The van der Waals surface area contributed by atoms with E-state index in [1.807, 2.05) is 24.3 Å². The van der Waals surface area contributed by atoms with Crippen molar-refractivity contribution in [3.63, 3.8) is 0 Å². The Morgan fingerprint density at radius 2 is 2.14 bits per heavy atom. The maximum Gasteiger partial charge on any atom is 0.232 e. The van der Waals surface area contributed by atoms with Gasteiger partial charge in [0.25, 0.3) is 0 Å². The molecule has 1 aromatic carbocycles. The molecule has 116 valence electrons. The van der Waals surface area contributed by atoms with Crippen molar-refractivity contribution in [1.29, 1.82) is 0 Å². The molecule has 0 radical (unpaired) electrons. The van der Waals surface area contributed by atoms with Crippen molar-refractivity contribution in [2.45, 2.75) is 18.2 Å². The van der Waals surface area contributed by atoms with Gasteiger partial charge in [-0.2, -0.15) is 0 Å². The van der Waals surface area contributed by atoms with Crippen LogP contribution in [0.1, 0.15) is 12.0 Å². The zero-order valence-electron chi connectivity index (χ0n) is 11.8. The second-order valence-electron chi connectivity index (χ2n) is 5.18. The van der Waals surface area contributed by atoms with Crippen LogP contribution < -0.4 is 0 Å². The van der Waals surface area contributed by atoms with Crippen molar-refractivity contribution in [2.24, 2.45) is 0 Å². The monoisotopic (exact) mass is 391 g/mol. The summed E-state index contributed by atoms with van der Waals surface area (Å²) in [5.41, 5.74) is 1.06. The molecule has 21 heavy (non-hydrogen) atoms. The van der Waals surface area contributed by atoms with E-state index in [-0.39, 0.29) is 22.7 Å². The molecule has 1 amide bonds. The van der Waals surface area contributed by atoms with Crippen LogP contribution in [0.3, 0.4) is 0 Å². The van der Waals surface area contributed by atoms with E-state index in [2.05, 4.69) is 15.9 Å². The highest BCUT2D eigenvalue weighted by molar-refractivity contribution is 9.10. The number of carbonyl (C=O) groups is 1. The largest absolute Gasteiger partial charge is 0.341 e. The summed E-state index contributed by atoms with van der Waals surface area (Å²) in [6.45, 7) is 0.545. The molecule has 1 unspecified atom stereocenters. The minimum atomic E-state index is -2.87. The Labute approximate surface area is 138 Å². The fourth-order valence-corrected chi connectivity index (χ4v) is 6.15. The van der Waals surface area contributed by atoms with Crippen LogP contribution in [0.15, 0.2) is 28.7 Å². The predicted octanol–water partition coefficient (Wildman–Crippen LogP) is 2.33. The zero-order valence-corrected chi connectivity index (χ0v) is 15.0. The number of halogens is 1. The molecule has 1 aromatic rings. The molecule has 0 bridgehead atoms. The van der Waals surface area contributed by atoms with Gasteiger partial charge in [0.15, 0.2) is 9.84 Å². The van der Waals surface area contributed by atoms with E-state index in [4.69, 9.17) is 0 Å². The summed E-state index contributed by atoms with van der Waals surface area (Å²) in [5.74, 6) is 0.825. The Balaban J connectivity index is 1.82. The number of sulfone groups is 1. The summed E-state index contributed by atoms with van der Waals surface area (Å²) in [7, 11) is -1.10. The fraction of sp³-hybridized carbons (Fsp3) is 0.500. The number of nitrogens with zero attached hydrogens (tertiary/aromatic N) is 1. The summed E-state index contributed by atoms with van der Waals surface area (Å²) in [5, 5.41) is 0.0656. The molecule has 1 fully saturated rings. The summed E-state index contributed by atoms with van der Waals surface area (Å²) < 4.78 is 23.8. The molecule has 0 N–H and O–H groups in total. The maximum atomic E-state index is 12.1. The first-order valence-corrected chi connectivity index (χ1v) is 10.3. The van der Waals surface area contributed by atoms with Crippen molar-refractivity contribution in [2.75, 3.05) is 24.3 Å². The Hall–Kier alpha value is -0.530. The van der Waals surface area contributed by atoms with Gasteiger partial charge in [-0.1, -0.05) is 34.1 Å². The van der Waals surface area contributed by atoms with E-state index in [0.29, 0.717) is 18.7 Å². The smallest absolute Gasteiger partial charge is 0.232 e. The molecule has 1 aliphatic heterocycles. The lowest BCUT2D eigenvalue weighted by Crippen LogP contribution is -2.28. The van der Waals surface area contributed by atoms with Crippen LogP contribution in [0.4, 0.5) is 0 Å². The summed E-state index contributed by atoms with van der Waals surface area (Å²) >= 11 is 4.92. The molecular formula is C14H18BrNO3S2. The molecule has 0 aromatic heterocycles. The van der Waals surface area contributed by atoms with E-state index in [1.54, 1.807) is 11.9 Å². The minimum absolute atomic E-state index is 0.0278. The fourth-order valence-electron chi connectivity index (χ4n) is 2.16. The maximum absolute atomic E-state index is 12.1. The van der Waals surface area contributed by atoms with Gasteiger partial charge in [0.05, 0.1) is 17.3 Å². The summed E-state index contributed by atoms with van der Waals surface area (Å²) in [4.78, 5) is 13.8. The van der Waals surface area contributed by atoms with Gasteiger partial charge in [-0.05, 0) is 18.1 Å². The molecule has 1 atom stereocenters.